The third-order valence-electron chi connectivity index (χ3n) is 3.91. The molecule has 1 saturated heterocycles. The Hall–Kier alpha value is -1.22. The summed E-state index contributed by atoms with van der Waals surface area (Å²) in [5.74, 6) is -0.0831. The van der Waals surface area contributed by atoms with Crippen molar-refractivity contribution in [3.8, 4) is 11.5 Å². The molecule has 0 spiro atoms. The van der Waals surface area contributed by atoms with Gasteiger partial charge in [0.25, 0.3) is 0 Å². The van der Waals surface area contributed by atoms with E-state index in [2.05, 4.69) is 19.2 Å². The molecule has 1 aliphatic heterocycles. The monoisotopic (exact) mass is 221 g/mol. The van der Waals surface area contributed by atoms with E-state index in [-0.39, 0.29) is 16.9 Å². The molecule has 2 rings (SSSR count). The van der Waals surface area contributed by atoms with Gasteiger partial charge in [-0.1, -0.05) is 13.0 Å². The van der Waals surface area contributed by atoms with Crippen LogP contribution in [0.1, 0.15) is 32.3 Å². The Morgan fingerprint density at radius 2 is 2.06 bits per heavy atom. The maximum atomic E-state index is 9.56. The molecular weight excluding hydrogens is 202 g/mol. The zero-order valence-corrected chi connectivity index (χ0v) is 9.83. The summed E-state index contributed by atoms with van der Waals surface area (Å²) >= 11 is 0. The van der Waals surface area contributed by atoms with Crippen LogP contribution in [0.2, 0.25) is 0 Å². The zero-order chi connectivity index (χ0) is 11.8. The molecule has 0 radical (unpaired) electrons. The molecule has 0 saturated carbocycles. The molecule has 1 fully saturated rings. The van der Waals surface area contributed by atoms with Gasteiger partial charge in [0.05, 0.1) is 0 Å². The number of phenolic OH excluding ortho intramolecular Hbond substituents is 2. The first-order valence-corrected chi connectivity index (χ1v) is 5.80. The molecule has 0 unspecified atom stereocenters. The van der Waals surface area contributed by atoms with Crippen molar-refractivity contribution in [2.24, 2.45) is 0 Å². The van der Waals surface area contributed by atoms with Crippen LogP contribution in [-0.2, 0) is 5.41 Å². The van der Waals surface area contributed by atoms with Gasteiger partial charge in [-0.25, -0.2) is 0 Å². The normalized spacial score (nSPS) is 30.2. The summed E-state index contributed by atoms with van der Waals surface area (Å²) in [6.07, 6.45) is 2.24. The van der Waals surface area contributed by atoms with Crippen LogP contribution in [0.15, 0.2) is 18.2 Å². The number of phenols is 2. The third-order valence-corrected chi connectivity index (χ3v) is 3.91. The highest BCUT2D eigenvalue weighted by Gasteiger charge is 2.35. The van der Waals surface area contributed by atoms with Crippen LogP contribution in [0.25, 0.3) is 0 Å². The summed E-state index contributed by atoms with van der Waals surface area (Å²) in [6.45, 7) is 5.43. The lowest BCUT2D eigenvalue weighted by atomic mass is 9.71. The Balaban J connectivity index is 2.37. The van der Waals surface area contributed by atoms with Gasteiger partial charge < -0.3 is 15.5 Å². The Bertz CT molecular complexity index is 392. The smallest absolute Gasteiger partial charge is 0.157 e. The van der Waals surface area contributed by atoms with Crippen molar-refractivity contribution in [3.63, 3.8) is 0 Å². The van der Waals surface area contributed by atoms with Crippen molar-refractivity contribution >= 4 is 0 Å². The van der Waals surface area contributed by atoms with E-state index in [0.29, 0.717) is 6.04 Å². The molecule has 1 aliphatic rings. The van der Waals surface area contributed by atoms with Crippen molar-refractivity contribution in [1.29, 1.82) is 0 Å². The average molecular weight is 221 g/mol. The molecule has 2 atom stereocenters. The van der Waals surface area contributed by atoms with E-state index in [1.54, 1.807) is 12.1 Å². The first kappa shape index (κ1) is 11.3. The lowest BCUT2D eigenvalue weighted by molar-refractivity contribution is 0.260. The SMILES string of the molecule is C[C@@H]1NCCC[C@]1(C)c1ccc(O)c(O)c1. The van der Waals surface area contributed by atoms with Gasteiger partial charge in [0, 0.05) is 11.5 Å². The number of piperidine rings is 1. The second-order valence-corrected chi connectivity index (χ2v) is 4.90. The number of rotatable bonds is 1. The van der Waals surface area contributed by atoms with Gasteiger partial charge in [0.2, 0.25) is 0 Å². The fourth-order valence-corrected chi connectivity index (χ4v) is 2.49. The van der Waals surface area contributed by atoms with E-state index in [1.807, 2.05) is 6.07 Å². The molecule has 0 aromatic heterocycles. The predicted molar refractivity (Wildman–Crippen MR) is 63.8 cm³/mol. The fraction of sp³-hybridized carbons (Fsp3) is 0.538. The standard InChI is InChI=1S/C13H19NO2/c1-9-13(2,6-3-7-14-9)10-4-5-11(15)12(16)8-10/h4-5,8-9,14-16H,3,6-7H2,1-2H3/t9-,13-/m0/s1. The van der Waals surface area contributed by atoms with Crippen LogP contribution in [0.3, 0.4) is 0 Å². The molecule has 3 N–H and O–H groups in total. The molecule has 1 heterocycles. The molecule has 1 aromatic carbocycles. The number of nitrogens with one attached hydrogen (secondary N) is 1. The summed E-state index contributed by atoms with van der Waals surface area (Å²) in [5.41, 5.74) is 1.12. The Labute approximate surface area is 96.1 Å². The summed E-state index contributed by atoms with van der Waals surface area (Å²) in [6, 6.07) is 5.53. The van der Waals surface area contributed by atoms with Gasteiger partial charge in [0.15, 0.2) is 11.5 Å². The number of hydrogen-bond donors (Lipinski definition) is 3. The third kappa shape index (κ3) is 1.76. The van der Waals surface area contributed by atoms with Gasteiger partial charge in [-0.2, -0.15) is 0 Å². The van der Waals surface area contributed by atoms with Crippen molar-refractivity contribution in [2.75, 3.05) is 6.54 Å². The van der Waals surface area contributed by atoms with Crippen molar-refractivity contribution in [1.82, 2.24) is 5.32 Å². The molecule has 3 nitrogen and oxygen atoms in total. The van der Waals surface area contributed by atoms with Crippen LogP contribution >= 0.6 is 0 Å². The second-order valence-electron chi connectivity index (χ2n) is 4.90. The number of benzene rings is 1. The largest absolute Gasteiger partial charge is 0.504 e. The maximum Gasteiger partial charge on any atom is 0.157 e. The van der Waals surface area contributed by atoms with Crippen LogP contribution in [0.5, 0.6) is 11.5 Å². The van der Waals surface area contributed by atoms with Gasteiger partial charge in [0.1, 0.15) is 0 Å². The molecule has 1 aromatic rings. The van der Waals surface area contributed by atoms with Gasteiger partial charge in [-0.3, -0.25) is 0 Å². The van der Waals surface area contributed by atoms with Crippen LogP contribution in [-0.4, -0.2) is 22.8 Å². The highest BCUT2D eigenvalue weighted by Crippen LogP contribution is 2.38. The van der Waals surface area contributed by atoms with Crippen LogP contribution in [0.4, 0.5) is 0 Å². The highest BCUT2D eigenvalue weighted by molar-refractivity contribution is 5.43. The fourth-order valence-electron chi connectivity index (χ4n) is 2.49. The van der Waals surface area contributed by atoms with Crippen molar-refractivity contribution in [3.05, 3.63) is 23.8 Å². The second kappa shape index (κ2) is 3.98. The lowest BCUT2D eigenvalue weighted by Gasteiger charge is -2.41. The Morgan fingerprint density at radius 3 is 2.69 bits per heavy atom. The molecule has 3 heteroatoms. The van der Waals surface area contributed by atoms with Gasteiger partial charge >= 0.3 is 0 Å². The molecule has 16 heavy (non-hydrogen) atoms. The van der Waals surface area contributed by atoms with Crippen LogP contribution in [0, 0.1) is 0 Å². The number of hydrogen-bond acceptors (Lipinski definition) is 3. The Morgan fingerprint density at radius 1 is 1.31 bits per heavy atom. The first-order valence-electron chi connectivity index (χ1n) is 5.80. The molecule has 0 bridgehead atoms. The van der Waals surface area contributed by atoms with E-state index >= 15 is 0 Å². The Kier molecular flexibility index (Phi) is 2.80. The lowest BCUT2D eigenvalue weighted by Crippen LogP contribution is -2.49. The molecule has 0 amide bonds. The van der Waals surface area contributed by atoms with Crippen LogP contribution < -0.4 is 5.32 Å². The minimum absolute atomic E-state index is 0.0310. The van der Waals surface area contributed by atoms with Crippen molar-refractivity contribution < 1.29 is 10.2 Å². The van der Waals surface area contributed by atoms with Gasteiger partial charge in [-0.15, -0.1) is 0 Å². The van der Waals surface area contributed by atoms with E-state index in [0.717, 1.165) is 24.9 Å². The van der Waals surface area contributed by atoms with Crippen molar-refractivity contribution in [2.45, 2.75) is 38.1 Å². The van der Waals surface area contributed by atoms with E-state index < -0.39 is 0 Å². The van der Waals surface area contributed by atoms with E-state index in [4.69, 9.17) is 0 Å². The minimum atomic E-state index is -0.0521. The summed E-state index contributed by atoms with van der Waals surface area (Å²) < 4.78 is 0. The quantitative estimate of drug-likeness (QED) is 0.637. The zero-order valence-electron chi connectivity index (χ0n) is 9.83. The molecular formula is C13H19NO2. The average Bonchev–Trinajstić information content (AvgIpc) is 2.26. The summed E-state index contributed by atoms with van der Waals surface area (Å²) in [4.78, 5) is 0. The summed E-state index contributed by atoms with van der Waals surface area (Å²) in [7, 11) is 0. The maximum absolute atomic E-state index is 9.56. The molecule has 0 aliphatic carbocycles. The summed E-state index contributed by atoms with van der Waals surface area (Å²) in [5, 5.41) is 22.3. The first-order chi connectivity index (χ1) is 7.54. The van der Waals surface area contributed by atoms with E-state index in [9.17, 15) is 10.2 Å². The topological polar surface area (TPSA) is 52.5 Å². The van der Waals surface area contributed by atoms with E-state index in [1.165, 1.54) is 0 Å². The molecule has 88 valence electrons. The predicted octanol–water partition coefficient (Wildman–Crippen LogP) is 2.13. The number of aromatic hydroxyl groups is 2. The highest BCUT2D eigenvalue weighted by atomic mass is 16.3. The minimum Gasteiger partial charge on any atom is -0.504 e. The van der Waals surface area contributed by atoms with Gasteiger partial charge in [-0.05, 0) is 44.0 Å².